The van der Waals surface area contributed by atoms with Crippen LogP contribution in [0, 0.1) is 0 Å². The van der Waals surface area contributed by atoms with Gasteiger partial charge in [-0.1, -0.05) is 0 Å². The third-order valence-electron chi connectivity index (χ3n) is 2.99. The van der Waals surface area contributed by atoms with Crippen molar-refractivity contribution in [2.75, 3.05) is 5.73 Å². The van der Waals surface area contributed by atoms with Crippen molar-refractivity contribution in [3.8, 4) is 0 Å². The summed E-state index contributed by atoms with van der Waals surface area (Å²) in [6.07, 6.45) is 3.69. The number of rotatable bonds is 1. The summed E-state index contributed by atoms with van der Waals surface area (Å²) < 4.78 is 1.91. The molecule has 78 valence electrons. The molecule has 0 radical (unpaired) electrons. The monoisotopic (exact) mass is 203 g/mol. The van der Waals surface area contributed by atoms with Crippen LogP contribution < -0.4 is 11.5 Å². The normalized spacial score (nSPS) is 25.4. The molecule has 0 aromatic carbocycles. The molecular formula is C10H13N5. The van der Waals surface area contributed by atoms with Crippen molar-refractivity contribution in [3.05, 3.63) is 18.3 Å². The Morgan fingerprint density at radius 3 is 2.93 bits per heavy atom. The van der Waals surface area contributed by atoms with Crippen molar-refractivity contribution >= 4 is 16.9 Å². The van der Waals surface area contributed by atoms with E-state index in [9.17, 15) is 0 Å². The van der Waals surface area contributed by atoms with Gasteiger partial charge in [0.15, 0.2) is 11.5 Å². The van der Waals surface area contributed by atoms with Gasteiger partial charge in [0.25, 0.3) is 0 Å². The molecule has 1 aliphatic rings. The average Bonchev–Trinajstić information content (AvgIpc) is 2.52. The molecule has 1 fully saturated rings. The Morgan fingerprint density at radius 1 is 1.40 bits per heavy atom. The van der Waals surface area contributed by atoms with E-state index >= 15 is 0 Å². The number of anilines is 1. The van der Waals surface area contributed by atoms with Crippen molar-refractivity contribution in [1.29, 1.82) is 0 Å². The van der Waals surface area contributed by atoms with E-state index in [1.54, 1.807) is 6.20 Å². The molecule has 2 aromatic heterocycles. The second kappa shape index (κ2) is 2.93. The number of nitrogen functional groups attached to an aromatic ring is 1. The Kier molecular flexibility index (Phi) is 1.70. The van der Waals surface area contributed by atoms with E-state index in [1.807, 2.05) is 16.8 Å². The quantitative estimate of drug-likeness (QED) is 0.713. The van der Waals surface area contributed by atoms with Crippen molar-refractivity contribution in [1.82, 2.24) is 14.8 Å². The van der Waals surface area contributed by atoms with Crippen molar-refractivity contribution < 1.29 is 0 Å². The van der Waals surface area contributed by atoms with Crippen LogP contribution >= 0.6 is 0 Å². The minimum atomic E-state index is 0.305. The number of nitrogens with two attached hydrogens (primary N) is 2. The first-order valence-electron chi connectivity index (χ1n) is 5.10. The minimum Gasteiger partial charge on any atom is -0.382 e. The third-order valence-corrected chi connectivity index (χ3v) is 2.99. The van der Waals surface area contributed by atoms with Crippen LogP contribution in [0.4, 0.5) is 5.82 Å². The summed E-state index contributed by atoms with van der Waals surface area (Å²) in [5.74, 6) is 0.554. The lowest BCUT2D eigenvalue weighted by molar-refractivity contribution is 0.253. The number of hydrogen-bond acceptors (Lipinski definition) is 4. The van der Waals surface area contributed by atoms with E-state index < -0.39 is 0 Å². The van der Waals surface area contributed by atoms with Crippen LogP contribution in [0.5, 0.6) is 0 Å². The van der Waals surface area contributed by atoms with Crippen LogP contribution in [-0.2, 0) is 0 Å². The van der Waals surface area contributed by atoms with E-state index in [-0.39, 0.29) is 0 Å². The van der Waals surface area contributed by atoms with Gasteiger partial charge in [-0.05, 0) is 25.0 Å². The summed E-state index contributed by atoms with van der Waals surface area (Å²) in [6, 6.07) is 4.49. The van der Waals surface area contributed by atoms with Gasteiger partial charge in [-0.25, -0.2) is 9.67 Å². The SMILES string of the molecule is Nc1nn(C2CC(N)C2)c2ncccc12. The third kappa shape index (κ3) is 1.20. The fourth-order valence-electron chi connectivity index (χ4n) is 2.08. The first-order chi connectivity index (χ1) is 7.25. The van der Waals surface area contributed by atoms with Crippen LogP contribution in [0.2, 0.25) is 0 Å². The van der Waals surface area contributed by atoms with Gasteiger partial charge < -0.3 is 11.5 Å². The van der Waals surface area contributed by atoms with Crippen molar-refractivity contribution in [2.45, 2.75) is 24.9 Å². The molecule has 5 heteroatoms. The average molecular weight is 203 g/mol. The molecule has 2 aromatic rings. The maximum Gasteiger partial charge on any atom is 0.160 e. The first kappa shape index (κ1) is 8.67. The molecule has 1 saturated carbocycles. The zero-order valence-corrected chi connectivity index (χ0v) is 8.30. The number of aromatic nitrogens is 3. The molecule has 1 aliphatic carbocycles. The van der Waals surface area contributed by atoms with Crippen LogP contribution in [0.15, 0.2) is 18.3 Å². The second-order valence-electron chi connectivity index (χ2n) is 4.09. The van der Waals surface area contributed by atoms with Gasteiger partial charge in [0.2, 0.25) is 0 Å². The predicted molar refractivity (Wildman–Crippen MR) is 58.2 cm³/mol. The maximum absolute atomic E-state index is 5.83. The van der Waals surface area contributed by atoms with E-state index in [0.29, 0.717) is 17.9 Å². The Hall–Kier alpha value is -1.62. The number of pyridine rings is 1. The first-order valence-corrected chi connectivity index (χ1v) is 5.10. The highest BCUT2D eigenvalue weighted by molar-refractivity contribution is 5.86. The van der Waals surface area contributed by atoms with Gasteiger partial charge in [0, 0.05) is 12.2 Å². The highest BCUT2D eigenvalue weighted by Gasteiger charge is 2.30. The summed E-state index contributed by atoms with van der Waals surface area (Å²) in [7, 11) is 0. The molecule has 2 heterocycles. The van der Waals surface area contributed by atoms with E-state index in [2.05, 4.69) is 10.1 Å². The highest BCUT2D eigenvalue weighted by Crippen LogP contribution is 2.33. The molecule has 0 saturated heterocycles. The number of fused-ring (bicyclic) bond motifs is 1. The predicted octanol–water partition coefficient (Wildman–Crippen LogP) is 0.676. The van der Waals surface area contributed by atoms with E-state index in [4.69, 9.17) is 11.5 Å². The molecule has 0 unspecified atom stereocenters. The lowest BCUT2D eigenvalue weighted by Crippen LogP contribution is -2.38. The Balaban J connectivity index is 2.11. The largest absolute Gasteiger partial charge is 0.382 e. The summed E-state index contributed by atoms with van der Waals surface area (Å²) >= 11 is 0. The van der Waals surface area contributed by atoms with Crippen molar-refractivity contribution in [3.63, 3.8) is 0 Å². The summed E-state index contributed by atoms with van der Waals surface area (Å²) in [5, 5.41) is 5.25. The van der Waals surface area contributed by atoms with Crippen LogP contribution in [0.1, 0.15) is 18.9 Å². The van der Waals surface area contributed by atoms with Gasteiger partial charge >= 0.3 is 0 Å². The molecule has 5 nitrogen and oxygen atoms in total. The minimum absolute atomic E-state index is 0.305. The van der Waals surface area contributed by atoms with Crippen LogP contribution in [0.25, 0.3) is 11.0 Å². The highest BCUT2D eigenvalue weighted by atomic mass is 15.3. The molecular weight excluding hydrogens is 190 g/mol. The molecule has 3 rings (SSSR count). The standard InChI is InChI=1S/C10H13N5/c11-6-4-7(5-6)15-10-8(9(12)14-15)2-1-3-13-10/h1-3,6-7H,4-5,11H2,(H2,12,14). The molecule has 0 atom stereocenters. The fraction of sp³-hybridized carbons (Fsp3) is 0.400. The Morgan fingerprint density at radius 2 is 2.20 bits per heavy atom. The van der Waals surface area contributed by atoms with E-state index in [0.717, 1.165) is 23.9 Å². The number of nitrogens with zero attached hydrogens (tertiary/aromatic N) is 3. The topological polar surface area (TPSA) is 82.8 Å². The summed E-state index contributed by atoms with van der Waals surface area (Å²) in [5.41, 5.74) is 12.5. The Labute approximate surface area is 87.1 Å². The molecule has 0 bridgehead atoms. The fourth-order valence-corrected chi connectivity index (χ4v) is 2.08. The maximum atomic E-state index is 5.83. The number of hydrogen-bond donors (Lipinski definition) is 2. The van der Waals surface area contributed by atoms with E-state index in [1.165, 1.54) is 0 Å². The zero-order chi connectivity index (χ0) is 10.4. The molecule has 0 aliphatic heterocycles. The van der Waals surface area contributed by atoms with Crippen LogP contribution in [0.3, 0.4) is 0 Å². The summed E-state index contributed by atoms with van der Waals surface area (Å²) in [4.78, 5) is 4.31. The smallest absolute Gasteiger partial charge is 0.160 e. The van der Waals surface area contributed by atoms with Crippen molar-refractivity contribution in [2.24, 2.45) is 5.73 Å². The van der Waals surface area contributed by atoms with Gasteiger partial charge in [0.05, 0.1) is 11.4 Å². The molecule has 4 N–H and O–H groups in total. The van der Waals surface area contributed by atoms with Crippen LogP contribution in [-0.4, -0.2) is 20.8 Å². The molecule has 0 amide bonds. The molecule has 0 spiro atoms. The van der Waals surface area contributed by atoms with Gasteiger partial charge in [-0.15, -0.1) is 0 Å². The zero-order valence-electron chi connectivity index (χ0n) is 8.30. The molecule has 15 heavy (non-hydrogen) atoms. The second-order valence-corrected chi connectivity index (χ2v) is 4.09. The summed E-state index contributed by atoms with van der Waals surface area (Å²) in [6.45, 7) is 0. The van der Waals surface area contributed by atoms with Gasteiger partial charge in [-0.3, -0.25) is 0 Å². The lowest BCUT2D eigenvalue weighted by Gasteiger charge is -2.32. The van der Waals surface area contributed by atoms with Gasteiger partial charge in [0.1, 0.15) is 0 Å². The Bertz CT molecular complexity index is 497. The lowest BCUT2D eigenvalue weighted by atomic mass is 9.88. The van der Waals surface area contributed by atoms with Gasteiger partial charge in [-0.2, -0.15) is 5.10 Å².